The molecular formula is C17H26O5. The lowest BCUT2D eigenvalue weighted by Crippen LogP contribution is -2.19. The van der Waals surface area contributed by atoms with E-state index >= 15 is 0 Å². The Morgan fingerprint density at radius 2 is 1.91 bits per heavy atom. The number of carbonyl (C=O) groups is 2. The van der Waals surface area contributed by atoms with Gasteiger partial charge in [0.1, 0.15) is 11.7 Å². The monoisotopic (exact) mass is 310 g/mol. The van der Waals surface area contributed by atoms with E-state index in [0.29, 0.717) is 6.42 Å². The molecule has 0 fully saturated rings. The summed E-state index contributed by atoms with van der Waals surface area (Å²) in [4.78, 5) is 23.2. The molecule has 0 amide bonds. The second-order valence-corrected chi connectivity index (χ2v) is 5.36. The highest BCUT2D eigenvalue weighted by atomic mass is 16.6. The molecule has 0 aromatic heterocycles. The van der Waals surface area contributed by atoms with Crippen molar-refractivity contribution in [3.63, 3.8) is 0 Å². The van der Waals surface area contributed by atoms with Crippen LogP contribution in [0.2, 0.25) is 0 Å². The number of hydrogen-bond donors (Lipinski definition) is 1. The number of carbonyl (C=O) groups excluding carboxylic acids is 2. The van der Waals surface area contributed by atoms with E-state index in [1.807, 2.05) is 6.08 Å². The number of aliphatic hydroxyl groups excluding tert-OH is 1. The lowest BCUT2D eigenvalue weighted by atomic mass is 10.0. The molecule has 22 heavy (non-hydrogen) atoms. The fourth-order valence-electron chi connectivity index (χ4n) is 2.47. The molecule has 0 saturated carbocycles. The summed E-state index contributed by atoms with van der Waals surface area (Å²) < 4.78 is 9.90. The van der Waals surface area contributed by atoms with Crippen molar-refractivity contribution >= 4 is 11.9 Å². The van der Waals surface area contributed by atoms with Crippen molar-refractivity contribution in [3.8, 4) is 0 Å². The van der Waals surface area contributed by atoms with Crippen LogP contribution in [-0.2, 0) is 19.1 Å². The van der Waals surface area contributed by atoms with Gasteiger partial charge in [-0.05, 0) is 32.6 Å². The van der Waals surface area contributed by atoms with Crippen molar-refractivity contribution in [2.75, 3.05) is 6.61 Å². The topological polar surface area (TPSA) is 72.8 Å². The third kappa shape index (κ3) is 5.54. The van der Waals surface area contributed by atoms with Gasteiger partial charge >= 0.3 is 11.9 Å². The molecule has 0 radical (unpaired) electrons. The maximum absolute atomic E-state index is 11.8. The Morgan fingerprint density at radius 3 is 2.55 bits per heavy atom. The third-order valence-corrected chi connectivity index (χ3v) is 3.64. The highest BCUT2D eigenvalue weighted by Crippen LogP contribution is 2.26. The number of ether oxygens (including phenoxy) is 2. The Labute approximate surface area is 132 Å². The van der Waals surface area contributed by atoms with Gasteiger partial charge in [-0.25, -0.2) is 9.59 Å². The first kappa shape index (κ1) is 18.3. The number of cyclic esters (lactones) is 1. The first-order chi connectivity index (χ1) is 10.6. The van der Waals surface area contributed by atoms with Crippen LogP contribution >= 0.6 is 0 Å². The molecule has 0 spiro atoms. The minimum absolute atomic E-state index is 0.0298. The summed E-state index contributed by atoms with van der Waals surface area (Å²) in [6.07, 6.45) is 9.37. The standard InChI is InChI=1S/C17H26O5/c1-3-5-6-7-8-9-10-11-12-13-14(16(19)21-4-2)15(18)17(20)22-13/h3,13,18H,1,4-12H2,2H3/t13-/m1/s1. The molecule has 1 N–H and O–H groups in total. The van der Waals surface area contributed by atoms with Gasteiger partial charge in [0.05, 0.1) is 6.61 Å². The second-order valence-electron chi connectivity index (χ2n) is 5.36. The van der Waals surface area contributed by atoms with E-state index in [1.54, 1.807) is 6.92 Å². The predicted molar refractivity (Wildman–Crippen MR) is 83.3 cm³/mol. The third-order valence-electron chi connectivity index (χ3n) is 3.64. The number of unbranched alkanes of at least 4 members (excludes halogenated alkanes) is 6. The Hall–Kier alpha value is -1.78. The second kappa shape index (κ2) is 10.0. The van der Waals surface area contributed by atoms with Crippen LogP contribution in [0, 0.1) is 0 Å². The van der Waals surface area contributed by atoms with Gasteiger partial charge in [-0.2, -0.15) is 0 Å². The van der Waals surface area contributed by atoms with E-state index in [-0.39, 0.29) is 12.2 Å². The molecule has 0 bridgehead atoms. The van der Waals surface area contributed by atoms with Crippen molar-refractivity contribution in [1.82, 2.24) is 0 Å². The summed E-state index contributed by atoms with van der Waals surface area (Å²) in [6.45, 7) is 5.57. The van der Waals surface area contributed by atoms with Crippen LogP contribution in [0.4, 0.5) is 0 Å². The van der Waals surface area contributed by atoms with Gasteiger partial charge in [-0.1, -0.05) is 31.8 Å². The zero-order valence-electron chi connectivity index (χ0n) is 13.3. The zero-order valence-corrected chi connectivity index (χ0v) is 13.3. The van der Waals surface area contributed by atoms with Gasteiger partial charge in [0, 0.05) is 0 Å². The molecule has 1 heterocycles. The Morgan fingerprint density at radius 1 is 1.27 bits per heavy atom. The smallest absolute Gasteiger partial charge is 0.374 e. The fraction of sp³-hybridized carbons (Fsp3) is 0.647. The van der Waals surface area contributed by atoms with Crippen LogP contribution < -0.4 is 0 Å². The van der Waals surface area contributed by atoms with Gasteiger partial charge < -0.3 is 14.6 Å². The molecule has 124 valence electrons. The van der Waals surface area contributed by atoms with Crippen molar-refractivity contribution in [2.45, 2.75) is 64.4 Å². The molecule has 1 aliphatic rings. The highest BCUT2D eigenvalue weighted by molar-refractivity contribution is 6.02. The molecule has 5 heteroatoms. The van der Waals surface area contributed by atoms with Crippen LogP contribution in [0.25, 0.3) is 0 Å². The Kier molecular flexibility index (Phi) is 8.33. The maximum Gasteiger partial charge on any atom is 0.374 e. The van der Waals surface area contributed by atoms with Gasteiger partial charge in [0.15, 0.2) is 0 Å². The molecule has 0 unspecified atom stereocenters. The molecular weight excluding hydrogens is 284 g/mol. The minimum Gasteiger partial charge on any atom is -0.501 e. The summed E-state index contributed by atoms with van der Waals surface area (Å²) in [6, 6.07) is 0. The molecule has 0 aromatic carbocycles. The summed E-state index contributed by atoms with van der Waals surface area (Å²) in [5, 5.41) is 9.64. The maximum atomic E-state index is 11.8. The van der Waals surface area contributed by atoms with E-state index in [2.05, 4.69) is 6.58 Å². The minimum atomic E-state index is -0.836. The van der Waals surface area contributed by atoms with Crippen molar-refractivity contribution in [3.05, 3.63) is 24.0 Å². The number of esters is 2. The van der Waals surface area contributed by atoms with Crippen LogP contribution in [0.3, 0.4) is 0 Å². The van der Waals surface area contributed by atoms with Crippen LogP contribution in [-0.4, -0.2) is 29.8 Å². The van der Waals surface area contributed by atoms with E-state index in [4.69, 9.17) is 9.47 Å². The first-order valence-corrected chi connectivity index (χ1v) is 8.04. The number of allylic oxidation sites excluding steroid dienone is 1. The van der Waals surface area contributed by atoms with Crippen molar-refractivity contribution in [1.29, 1.82) is 0 Å². The average Bonchev–Trinajstić information content (AvgIpc) is 2.77. The number of aliphatic hydroxyl groups is 1. The van der Waals surface area contributed by atoms with Crippen LogP contribution in [0.1, 0.15) is 58.3 Å². The average molecular weight is 310 g/mol. The van der Waals surface area contributed by atoms with E-state index < -0.39 is 23.8 Å². The Bertz CT molecular complexity index is 425. The van der Waals surface area contributed by atoms with E-state index in [1.165, 1.54) is 19.3 Å². The summed E-state index contributed by atoms with van der Waals surface area (Å²) in [5.74, 6) is -2.11. The molecule has 0 saturated heterocycles. The van der Waals surface area contributed by atoms with E-state index in [0.717, 1.165) is 25.7 Å². The largest absolute Gasteiger partial charge is 0.501 e. The van der Waals surface area contributed by atoms with Gasteiger partial charge in [-0.15, -0.1) is 6.58 Å². The quantitative estimate of drug-likeness (QED) is 0.358. The molecule has 0 aliphatic carbocycles. The summed E-state index contributed by atoms with van der Waals surface area (Å²) in [5.41, 5.74) is -0.0298. The normalized spacial score (nSPS) is 17.5. The number of hydrogen-bond acceptors (Lipinski definition) is 5. The summed E-state index contributed by atoms with van der Waals surface area (Å²) in [7, 11) is 0. The molecule has 0 aromatic rings. The van der Waals surface area contributed by atoms with Gasteiger partial charge in [0.25, 0.3) is 0 Å². The lowest BCUT2D eigenvalue weighted by Gasteiger charge is -2.12. The summed E-state index contributed by atoms with van der Waals surface area (Å²) >= 11 is 0. The highest BCUT2D eigenvalue weighted by Gasteiger charge is 2.38. The first-order valence-electron chi connectivity index (χ1n) is 8.04. The zero-order chi connectivity index (χ0) is 16.4. The van der Waals surface area contributed by atoms with Crippen LogP contribution in [0.15, 0.2) is 24.0 Å². The molecule has 1 atom stereocenters. The van der Waals surface area contributed by atoms with Gasteiger partial charge in [-0.3, -0.25) is 0 Å². The number of rotatable bonds is 11. The Balaban J connectivity index is 2.31. The molecule has 5 nitrogen and oxygen atoms in total. The van der Waals surface area contributed by atoms with Crippen molar-refractivity contribution < 1.29 is 24.2 Å². The molecule has 1 aliphatic heterocycles. The van der Waals surface area contributed by atoms with Crippen LogP contribution in [0.5, 0.6) is 0 Å². The van der Waals surface area contributed by atoms with Crippen molar-refractivity contribution in [2.24, 2.45) is 0 Å². The predicted octanol–water partition coefficient (Wildman–Crippen LogP) is 3.59. The van der Waals surface area contributed by atoms with E-state index in [9.17, 15) is 14.7 Å². The van der Waals surface area contributed by atoms with Gasteiger partial charge in [0.2, 0.25) is 5.76 Å². The molecule has 1 rings (SSSR count). The fourth-order valence-corrected chi connectivity index (χ4v) is 2.47. The SMILES string of the molecule is C=CCCCCCCCC[C@H]1OC(=O)C(O)=C1C(=O)OCC. The lowest BCUT2D eigenvalue weighted by molar-refractivity contribution is -0.143.